The van der Waals surface area contributed by atoms with E-state index in [9.17, 15) is 0 Å². The Labute approximate surface area is 78.2 Å². The fourth-order valence-electron chi connectivity index (χ4n) is 1.81. The fraction of sp³-hybridized carbons (Fsp3) is 0.455. The molecule has 1 fully saturated rings. The van der Waals surface area contributed by atoms with Gasteiger partial charge in [0.1, 0.15) is 0 Å². The Morgan fingerprint density at radius 1 is 1.38 bits per heavy atom. The molecule has 2 nitrogen and oxygen atoms in total. The van der Waals surface area contributed by atoms with Crippen molar-refractivity contribution in [3.8, 4) is 0 Å². The highest BCUT2D eigenvalue weighted by molar-refractivity contribution is 5.35. The summed E-state index contributed by atoms with van der Waals surface area (Å²) < 4.78 is 5.21. The molecule has 0 unspecified atom stereocenters. The van der Waals surface area contributed by atoms with Crippen LogP contribution in [0, 0.1) is 0 Å². The number of benzene rings is 1. The Hall–Kier alpha value is -0.860. The van der Waals surface area contributed by atoms with Crippen LogP contribution in [-0.4, -0.2) is 18.3 Å². The summed E-state index contributed by atoms with van der Waals surface area (Å²) >= 11 is 0. The van der Waals surface area contributed by atoms with Crippen LogP contribution in [0.5, 0.6) is 0 Å². The summed E-state index contributed by atoms with van der Waals surface area (Å²) in [6.07, 6.45) is 0. The third kappa shape index (κ3) is 1.36. The van der Waals surface area contributed by atoms with Crippen molar-refractivity contribution >= 4 is 0 Å². The smallest absolute Gasteiger partial charge is 0.0684 e. The van der Waals surface area contributed by atoms with E-state index in [1.165, 1.54) is 5.56 Å². The van der Waals surface area contributed by atoms with Gasteiger partial charge in [0.15, 0.2) is 0 Å². The summed E-state index contributed by atoms with van der Waals surface area (Å²) in [6, 6.07) is 8.02. The van der Waals surface area contributed by atoms with Crippen LogP contribution in [0.4, 0.5) is 0 Å². The summed E-state index contributed by atoms with van der Waals surface area (Å²) in [7, 11) is 0. The van der Waals surface area contributed by atoms with E-state index >= 15 is 0 Å². The van der Waals surface area contributed by atoms with Crippen molar-refractivity contribution < 1.29 is 9.84 Å². The third-order valence-corrected chi connectivity index (χ3v) is 2.68. The Morgan fingerprint density at radius 3 is 2.62 bits per heavy atom. The van der Waals surface area contributed by atoms with Gasteiger partial charge in [-0.25, -0.2) is 0 Å². The molecular weight excluding hydrogens is 164 g/mol. The highest BCUT2D eigenvalue weighted by atomic mass is 16.5. The van der Waals surface area contributed by atoms with E-state index in [1.54, 1.807) is 0 Å². The Balaban J connectivity index is 2.38. The predicted molar refractivity (Wildman–Crippen MR) is 50.5 cm³/mol. The molecule has 0 amide bonds. The molecule has 0 aromatic heterocycles. The lowest BCUT2D eigenvalue weighted by Gasteiger charge is -2.39. The zero-order chi connectivity index (χ0) is 9.31. The molecule has 0 bridgehead atoms. The van der Waals surface area contributed by atoms with Gasteiger partial charge in [0, 0.05) is 5.41 Å². The van der Waals surface area contributed by atoms with Crippen molar-refractivity contribution in [1.82, 2.24) is 0 Å². The molecule has 0 radical (unpaired) electrons. The van der Waals surface area contributed by atoms with E-state index in [2.05, 4.69) is 13.0 Å². The van der Waals surface area contributed by atoms with E-state index in [1.807, 2.05) is 18.2 Å². The van der Waals surface area contributed by atoms with Crippen LogP contribution in [0.2, 0.25) is 0 Å². The first kappa shape index (κ1) is 8.73. The summed E-state index contributed by atoms with van der Waals surface area (Å²) in [4.78, 5) is 0. The predicted octanol–water partition coefficient (Wildman–Crippen LogP) is 1.47. The number of hydrogen-bond acceptors (Lipinski definition) is 2. The second-order valence-electron chi connectivity index (χ2n) is 3.87. The highest BCUT2D eigenvalue weighted by Gasteiger charge is 2.36. The van der Waals surface area contributed by atoms with Gasteiger partial charge in [-0.3, -0.25) is 0 Å². The molecule has 2 heteroatoms. The maximum atomic E-state index is 9.16. The van der Waals surface area contributed by atoms with Crippen molar-refractivity contribution in [3.63, 3.8) is 0 Å². The lowest BCUT2D eigenvalue weighted by molar-refractivity contribution is -0.0507. The quantitative estimate of drug-likeness (QED) is 0.743. The van der Waals surface area contributed by atoms with Crippen LogP contribution < -0.4 is 0 Å². The van der Waals surface area contributed by atoms with Crippen LogP contribution in [0.1, 0.15) is 18.1 Å². The molecule has 0 spiro atoms. The molecule has 1 aromatic carbocycles. The summed E-state index contributed by atoms with van der Waals surface area (Å²) in [5, 5.41) is 9.16. The number of hydrogen-bond donors (Lipinski definition) is 1. The number of aliphatic hydroxyl groups excluding tert-OH is 1. The summed E-state index contributed by atoms with van der Waals surface area (Å²) in [6.45, 7) is 3.82. The summed E-state index contributed by atoms with van der Waals surface area (Å²) in [5.41, 5.74) is 2.37. The molecule has 0 atom stereocenters. The molecule has 0 saturated carbocycles. The van der Waals surface area contributed by atoms with Gasteiger partial charge >= 0.3 is 0 Å². The average Bonchev–Trinajstić information content (AvgIpc) is 2.14. The molecule has 1 aromatic rings. The van der Waals surface area contributed by atoms with Gasteiger partial charge in [0.25, 0.3) is 0 Å². The first-order valence-corrected chi connectivity index (χ1v) is 4.53. The standard InChI is InChI=1S/C11H14O2/c1-11(7-13-8-11)10-5-3-2-4-9(10)6-12/h2-5,12H,6-8H2,1H3. The zero-order valence-corrected chi connectivity index (χ0v) is 7.79. The monoisotopic (exact) mass is 178 g/mol. The maximum absolute atomic E-state index is 9.16. The number of aliphatic hydroxyl groups is 1. The third-order valence-electron chi connectivity index (χ3n) is 2.68. The first-order chi connectivity index (χ1) is 6.26. The lowest BCUT2D eigenvalue weighted by Crippen LogP contribution is -2.44. The molecule has 0 aliphatic carbocycles. The molecule has 1 heterocycles. The van der Waals surface area contributed by atoms with Crippen molar-refractivity contribution in [2.24, 2.45) is 0 Å². The zero-order valence-electron chi connectivity index (χ0n) is 7.79. The second-order valence-corrected chi connectivity index (χ2v) is 3.87. The van der Waals surface area contributed by atoms with Gasteiger partial charge < -0.3 is 9.84 Å². The molecule has 2 rings (SSSR count). The largest absolute Gasteiger partial charge is 0.392 e. The molecule has 1 aliphatic rings. The average molecular weight is 178 g/mol. The van der Waals surface area contributed by atoms with Crippen molar-refractivity contribution in [1.29, 1.82) is 0 Å². The maximum Gasteiger partial charge on any atom is 0.0684 e. The van der Waals surface area contributed by atoms with Gasteiger partial charge in [0.2, 0.25) is 0 Å². The van der Waals surface area contributed by atoms with Crippen molar-refractivity contribution in [2.45, 2.75) is 18.9 Å². The molecule has 1 saturated heterocycles. The van der Waals surface area contributed by atoms with E-state index < -0.39 is 0 Å². The molecule has 70 valence electrons. The van der Waals surface area contributed by atoms with Crippen molar-refractivity contribution in [2.75, 3.05) is 13.2 Å². The SMILES string of the molecule is CC1(c2ccccc2CO)COC1. The molecule has 13 heavy (non-hydrogen) atoms. The minimum Gasteiger partial charge on any atom is -0.392 e. The normalized spacial score (nSPS) is 19.5. The van der Waals surface area contributed by atoms with Crippen LogP contribution in [0.25, 0.3) is 0 Å². The van der Waals surface area contributed by atoms with Crippen LogP contribution in [0.15, 0.2) is 24.3 Å². The van der Waals surface area contributed by atoms with Crippen molar-refractivity contribution in [3.05, 3.63) is 35.4 Å². The minimum atomic E-state index is 0.117. The van der Waals surface area contributed by atoms with E-state index in [0.29, 0.717) is 0 Å². The summed E-state index contributed by atoms with van der Waals surface area (Å²) in [5.74, 6) is 0. The van der Waals surface area contributed by atoms with Gasteiger partial charge in [0.05, 0.1) is 19.8 Å². The highest BCUT2D eigenvalue weighted by Crippen LogP contribution is 2.33. The second kappa shape index (κ2) is 3.13. The molecule has 1 aliphatic heterocycles. The van der Waals surface area contributed by atoms with Crippen LogP contribution in [0.3, 0.4) is 0 Å². The first-order valence-electron chi connectivity index (χ1n) is 4.53. The van der Waals surface area contributed by atoms with Gasteiger partial charge in [-0.15, -0.1) is 0 Å². The van der Waals surface area contributed by atoms with Crippen LogP contribution in [-0.2, 0) is 16.8 Å². The molecule has 1 N–H and O–H groups in total. The number of ether oxygens (including phenoxy) is 1. The Morgan fingerprint density at radius 2 is 2.08 bits per heavy atom. The Bertz CT molecular complexity index is 303. The van der Waals surface area contributed by atoms with E-state index in [0.717, 1.165) is 18.8 Å². The van der Waals surface area contributed by atoms with Gasteiger partial charge in [-0.2, -0.15) is 0 Å². The molecular formula is C11H14O2. The minimum absolute atomic E-state index is 0.117. The topological polar surface area (TPSA) is 29.5 Å². The lowest BCUT2D eigenvalue weighted by atomic mass is 9.78. The van der Waals surface area contributed by atoms with Crippen LogP contribution >= 0.6 is 0 Å². The van der Waals surface area contributed by atoms with E-state index in [4.69, 9.17) is 9.84 Å². The Kier molecular flexibility index (Phi) is 2.10. The van der Waals surface area contributed by atoms with E-state index in [-0.39, 0.29) is 12.0 Å². The van der Waals surface area contributed by atoms with Gasteiger partial charge in [-0.1, -0.05) is 31.2 Å². The number of rotatable bonds is 2. The fourth-order valence-corrected chi connectivity index (χ4v) is 1.81. The van der Waals surface area contributed by atoms with Gasteiger partial charge in [-0.05, 0) is 11.1 Å².